The van der Waals surface area contributed by atoms with E-state index in [1.165, 1.54) is 11.8 Å². The van der Waals surface area contributed by atoms with Gasteiger partial charge in [0, 0.05) is 21.5 Å². The molecule has 5 nitrogen and oxygen atoms in total. The van der Waals surface area contributed by atoms with E-state index in [0.717, 1.165) is 47.4 Å². The third-order valence-corrected chi connectivity index (χ3v) is 7.46. The summed E-state index contributed by atoms with van der Waals surface area (Å²) in [6, 6.07) is 15.0. The highest BCUT2D eigenvalue weighted by atomic mass is 32.2. The van der Waals surface area contributed by atoms with Crippen molar-refractivity contribution in [1.29, 1.82) is 5.26 Å². The van der Waals surface area contributed by atoms with Gasteiger partial charge < -0.3 is 4.42 Å². The van der Waals surface area contributed by atoms with Crippen LogP contribution in [0.4, 0.5) is 0 Å². The van der Waals surface area contributed by atoms with Crippen molar-refractivity contribution in [1.82, 2.24) is 4.98 Å². The largest absolute Gasteiger partial charge is 0.422 e. The van der Waals surface area contributed by atoms with Crippen LogP contribution in [0.25, 0.3) is 21.4 Å². The number of aryl methyl sites for hydroxylation is 1. The van der Waals surface area contributed by atoms with E-state index in [4.69, 9.17) is 9.40 Å². The Morgan fingerprint density at radius 3 is 2.84 bits per heavy atom. The van der Waals surface area contributed by atoms with Crippen molar-refractivity contribution in [2.75, 3.05) is 5.75 Å². The van der Waals surface area contributed by atoms with Crippen LogP contribution in [-0.2, 0) is 12.8 Å². The van der Waals surface area contributed by atoms with Crippen LogP contribution in [0.3, 0.4) is 0 Å². The Morgan fingerprint density at radius 1 is 1.19 bits per heavy atom. The van der Waals surface area contributed by atoms with E-state index >= 15 is 0 Å². The van der Waals surface area contributed by atoms with Gasteiger partial charge >= 0.3 is 5.63 Å². The van der Waals surface area contributed by atoms with Crippen LogP contribution in [-0.4, -0.2) is 16.5 Å². The molecule has 3 heterocycles. The lowest BCUT2D eigenvalue weighted by Crippen LogP contribution is -2.16. The highest BCUT2D eigenvalue weighted by Crippen LogP contribution is 2.39. The monoisotopic (exact) mass is 458 g/mol. The Labute approximate surface area is 192 Å². The lowest BCUT2D eigenvalue weighted by atomic mass is 9.89. The molecule has 0 bridgehead atoms. The normalized spacial score (nSPS) is 13.0. The molecule has 5 rings (SSSR count). The van der Waals surface area contributed by atoms with Crippen LogP contribution in [0.15, 0.2) is 62.1 Å². The number of fused-ring (bicyclic) bond motifs is 2. The Kier molecular flexibility index (Phi) is 5.64. The molecule has 0 unspecified atom stereocenters. The maximum absolute atomic E-state index is 12.9. The molecular weight excluding hydrogens is 440 g/mol. The van der Waals surface area contributed by atoms with Crippen LogP contribution >= 0.6 is 23.1 Å². The average Bonchev–Trinajstić information content (AvgIpc) is 3.35. The maximum atomic E-state index is 12.9. The van der Waals surface area contributed by atoms with Crippen molar-refractivity contribution in [2.45, 2.75) is 30.7 Å². The van der Waals surface area contributed by atoms with Crippen LogP contribution < -0.4 is 5.63 Å². The molecule has 7 heteroatoms. The molecule has 3 aromatic heterocycles. The molecule has 158 valence electrons. The van der Waals surface area contributed by atoms with Crippen molar-refractivity contribution in [3.63, 3.8) is 0 Å². The standard InChI is InChI=1S/C25H18N2O3S2/c26-13-18-23(22-10-5-11-31-22)16-7-2-3-8-19(16)27-24(18)32-14-20(28)17-12-15-6-1-4-9-21(15)30-25(17)29/h1,4-6,9-12H,2-3,7-8,14H2. The second-order valence-electron chi connectivity index (χ2n) is 7.59. The number of hydrogen-bond acceptors (Lipinski definition) is 7. The van der Waals surface area contributed by atoms with Crippen molar-refractivity contribution in [3.8, 4) is 16.5 Å². The van der Waals surface area contributed by atoms with Gasteiger partial charge in [0.15, 0.2) is 5.78 Å². The van der Waals surface area contributed by atoms with Gasteiger partial charge in [0.05, 0.1) is 11.3 Å². The number of nitriles is 1. The van der Waals surface area contributed by atoms with Crippen molar-refractivity contribution in [2.24, 2.45) is 0 Å². The molecule has 1 aromatic carbocycles. The molecule has 1 aliphatic carbocycles. The number of Topliss-reactive ketones (excluding diaryl/α,β-unsaturated/α-hetero) is 1. The Hall–Kier alpha value is -3.21. The summed E-state index contributed by atoms with van der Waals surface area (Å²) in [6.07, 6.45) is 3.93. The lowest BCUT2D eigenvalue weighted by molar-refractivity contribution is 0.101. The fraction of sp³-hybridized carbons (Fsp3) is 0.200. The third-order valence-electron chi connectivity index (χ3n) is 5.60. The molecule has 1 aliphatic rings. The maximum Gasteiger partial charge on any atom is 0.347 e. The molecule has 32 heavy (non-hydrogen) atoms. The Morgan fingerprint density at radius 2 is 2.03 bits per heavy atom. The number of carbonyl (C=O) groups excluding carboxylic acids is 1. The molecule has 0 saturated heterocycles. The van der Waals surface area contributed by atoms with E-state index in [9.17, 15) is 14.9 Å². The predicted molar refractivity (Wildman–Crippen MR) is 126 cm³/mol. The number of aromatic nitrogens is 1. The number of rotatable bonds is 5. The Balaban J connectivity index is 1.50. The summed E-state index contributed by atoms with van der Waals surface area (Å²) in [6.45, 7) is 0. The molecule has 0 atom stereocenters. The number of nitrogens with zero attached hydrogens (tertiary/aromatic N) is 2. The van der Waals surface area contributed by atoms with E-state index in [1.807, 2.05) is 23.6 Å². The number of thioether (sulfide) groups is 1. The molecule has 0 amide bonds. The van der Waals surface area contributed by atoms with Crippen molar-refractivity contribution >= 4 is 39.9 Å². The van der Waals surface area contributed by atoms with Gasteiger partial charge in [-0.3, -0.25) is 4.79 Å². The van der Waals surface area contributed by atoms with E-state index in [0.29, 0.717) is 21.6 Å². The van der Waals surface area contributed by atoms with E-state index in [2.05, 4.69) is 6.07 Å². The second-order valence-corrected chi connectivity index (χ2v) is 9.50. The number of pyridine rings is 1. The zero-order chi connectivity index (χ0) is 22.1. The molecular formula is C25H18N2O3S2. The van der Waals surface area contributed by atoms with E-state index in [-0.39, 0.29) is 17.1 Å². The van der Waals surface area contributed by atoms with Crippen LogP contribution in [0.5, 0.6) is 0 Å². The van der Waals surface area contributed by atoms with Crippen LogP contribution in [0, 0.1) is 11.3 Å². The van der Waals surface area contributed by atoms with Gasteiger partial charge in [-0.15, -0.1) is 11.3 Å². The van der Waals surface area contributed by atoms with Crippen LogP contribution in [0.1, 0.15) is 40.0 Å². The van der Waals surface area contributed by atoms with Gasteiger partial charge in [-0.05, 0) is 54.8 Å². The number of carbonyl (C=O) groups is 1. The average molecular weight is 459 g/mol. The summed E-state index contributed by atoms with van der Waals surface area (Å²) in [4.78, 5) is 31.1. The topological polar surface area (TPSA) is 84.0 Å². The molecule has 0 spiro atoms. The lowest BCUT2D eigenvalue weighted by Gasteiger charge is -2.21. The summed E-state index contributed by atoms with van der Waals surface area (Å²) in [5.74, 6) is -0.330. The van der Waals surface area contributed by atoms with Crippen molar-refractivity contribution < 1.29 is 9.21 Å². The summed E-state index contributed by atoms with van der Waals surface area (Å²) in [5.41, 5.74) is 3.45. The van der Waals surface area contributed by atoms with Crippen molar-refractivity contribution in [3.05, 3.63) is 80.6 Å². The van der Waals surface area contributed by atoms with Gasteiger partial charge in [0.25, 0.3) is 0 Å². The Bertz CT molecular complexity index is 1430. The summed E-state index contributed by atoms with van der Waals surface area (Å²) >= 11 is 2.82. The van der Waals surface area contributed by atoms with Gasteiger partial charge in [0.2, 0.25) is 0 Å². The first-order valence-corrected chi connectivity index (χ1v) is 12.2. The van der Waals surface area contributed by atoms with Crippen LogP contribution in [0.2, 0.25) is 0 Å². The highest BCUT2D eigenvalue weighted by Gasteiger charge is 2.24. The predicted octanol–water partition coefficient (Wildman–Crippen LogP) is 5.64. The molecule has 0 saturated carbocycles. The van der Waals surface area contributed by atoms with Gasteiger partial charge in [-0.1, -0.05) is 36.0 Å². The SMILES string of the molecule is N#Cc1c(SCC(=O)c2cc3ccccc3oc2=O)nc2c(c1-c1cccs1)CCCC2. The summed E-state index contributed by atoms with van der Waals surface area (Å²) in [5, 5.41) is 13.2. The first-order chi connectivity index (χ1) is 15.7. The summed E-state index contributed by atoms with van der Waals surface area (Å²) in [7, 11) is 0. The van der Waals surface area contributed by atoms with Gasteiger partial charge in [-0.2, -0.15) is 5.26 Å². The fourth-order valence-electron chi connectivity index (χ4n) is 4.09. The quantitative estimate of drug-likeness (QED) is 0.219. The second kappa shape index (κ2) is 8.73. The highest BCUT2D eigenvalue weighted by molar-refractivity contribution is 8.00. The zero-order valence-electron chi connectivity index (χ0n) is 17.1. The van der Waals surface area contributed by atoms with Gasteiger partial charge in [0.1, 0.15) is 22.2 Å². The minimum absolute atomic E-state index is 0.00739. The minimum atomic E-state index is -0.646. The minimum Gasteiger partial charge on any atom is -0.422 e. The first-order valence-electron chi connectivity index (χ1n) is 10.3. The molecule has 0 aliphatic heterocycles. The van der Waals surface area contributed by atoms with E-state index in [1.54, 1.807) is 35.6 Å². The number of thiophene rings is 1. The number of benzene rings is 1. The summed E-state index contributed by atoms with van der Waals surface area (Å²) < 4.78 is 5.30. The number of hydrogen-bond donors (Lipinski definition) is 0. The smallest absolute Gasteiger partial charge is 0.347 e. The molecule has 0 fully saturated rings. The zero-order valence-corrected chi connectivity index (χ0v) is 18.7. The fourth-order valence-corrected chi connectivity index (χ4v) is 5.78. The molecule has 4 aromatic rings. The molecule has 0 N–H and O–H groups in total. The number of para-hydroxylation sites is 1. The first kappa shape index (κ1) is 20.7. The third kappa shape index (κ3) is 3.77. The van der Waals surface area contributed by atoms with E-state index < -0.39 is 5.63 Å². The molecule has 0 radical (unpaired) electrons. The van der Waals surface area contributed by atoms with Gasteiger partial charge in [-0.25, -0.2) is 9.78 Å². The number of ketones is 1.